The molecule has 7 atom stereocenters. The Morgan fingerprint density at radius 1 is 1.04 bits per heavy atom. The Morgan fingerprint density at radius 2 is 1.84 bits per heavy atom. The lowest BCUT2D eigenvalue weighted by atomic mass is 9.62. The van der Waals surface area contributed by atoms with Gasteiger partial charge in [-0.05, 0) is 149 Å². The number of fused-ring (bicyclic) bond motifs is 4. The molecule has 2 bridgehead atoms. The Bertz CT molecular complexity index is 1660. The summed E-state index contributed by atoms with van der Waals surface area (Å²) in [5.41, 5.74) is 2.94. The number of benzene rings is 2. The second-order valence-corrected chi connectivity index (χ2v) is 19.4. The summed E-state index contributed by atoms with van der Waals surface area (Å²) < 4.78 is 23.5. The first kappa shape index (κ1) is 35.2. The third kappa shape index (κ3) is 7.01. The molecule has 0 radical (unpaired) electrons. The summed E-state index contributed by atoms with van der Waals surface area (Å²) in [6.45, 7) is 11.3. The molecular formula is C40H56ClN3O4S. The van der Waals surface area contributed by atoms with Crippen molar-refractivity contribution in [1.82, 2.24) is 9.62 Å². The molecule has 7 nitrogen and oxygen atoms in total. The van der Waals surface area contributed by atoms with Crippen molar-refractivity contribution in [2.75, 3.05) is 44.2 Å². The fraction of sp³-hybridized carbons (Fsp3) is 0.650. The number of amides is 1. The minimum atomic E-state index is -2.93. The zero-order valence-electron chi connectivity index (χ0n) is 29.7. The summed E-state index contributed by atoms with van der Waals surface area (Å²) in [6, 6.07) is 11.9. The van der Waals surface area contributed by atoms with E-state index in [-0.39, 0.29) is 28.4 Å². The molecular weight excluding hydrogens is 654 g/mol. The molecule has 2 aliphatic carbocycles. The maximum Gasteiger partial charge on any atom is 0.262 e. The number of carbonyl (C=O) groups is 1. The molecule has 268 valence electrons. The van der Waals surface area contributed by atoms with E-state index in [1.165, 1.54) is 24.0 Å². The number of hydrogen-bond acceptors (Lipinski definition) is 6. The van der Waals surface area contributed by atoms with Gasteiger partial charge in [0.1, 0.15) is 5.75 Å². The van der Waals surface area contributed by atoms with Gasteiger partial charge >= 0.3 is 0 Å². The Labute approximate surface area is 299 Å². The minimum absolute atomic E-state index is 0.0795. The number of halogens is 1. The zero-order chi connectivity index (χ0) is 34.6. The average molecular weight is 710 g/mol. The van der Waals surface area contributed by atoms with E-state index in [0.29, 0.717) is 18.1 Å². The van der Waals surface area contributed by atoms with E-state index in [1.54, 1.807) is 6.07 Å². The monoisotopic (exact) mass is 709 g/mol. The molecule has 3 aliphatic heterocycles. The lowest BCUT2D eigenvalue weighted by Gasteiger charge is -2.52. The number of anilines is 1. The number of nitrogens with zero attached hydrogens (tertiary/aromatic N) is 2. The van der Waals surface area contributed by atoms with Crippen LogP contribution in [0.15, 0.2) is 36.4 Å². The van der Waals surface area contributed by atoms with Crippen molar-refractivity contribution in [1.29, 1.82) is 0 Å². The second kappa shape index (κ2) is 13.7. The van der Waals surface area contributed by atoms with Gasteiger partial charge in [0.2, 0.25) is 0 Å². The summed E-state index contributed by atoms with van der Waals surface area (Å²) in [5.74, 6) is 5.79. The number of nitrogens with one attached hydrogen (secondary N) is 1. The highest BCUT2D eigenvalue weighted by Gasteiger charge is 2.49. The van der Waals surface area contributed by atoms with Crippen LogP contribution in [0.5, 0.6) is 5.75 Å². The van der Waals surface area contributed by atoms with Crippen molar-refractivity contribution in [2.24, 2.45) is 23.7 Å². The standard InChI is InChI=1S/C40H56ClN3O4S/c1-27-15-19-43(20-16-27)25-40(46)18-5-7-28(2)29(3)49(4,47)42-38(45)31-10-14-37-36(22-31)44(23-32-9-12-35(32)40)24-39(26-48-37)17-6-8-30-21-33(41)11-13-34(30)39/h10-11,13-14,21-22,27-29,32,35,46H,4-9,12,15-20,23-26H2,1-3H3,(H,42,45,47)/t28-,29+,32-,35+,39-,40+,49?/m0/s1. The molecule has 2 aromatic rings. The Morgan fingerprint density at radius 3 is 2.59 bits per heavy atom. The number of aliphatic hydroxyl groups is 1. The molecule has 2 fully saturated rings. The summed E-state index contributed by atoms with van der Waals surface area (Å²) in [7, 11) is -2.93. The first-order valence-electron chi connectivity index (χ1n) is 18.8. The van der Waals surface area contributed by atoms with Crippen molar-refractivity contribution < 1.29 is 18.8 Å². The van der Waals surface area contributed by atoms with Gasteiger partial charge in [-0.25, -0.2) is 4.21 Å². The molecule has 49 heavy (non-hydrogen) atoms. The van der Waals surface area contributed by atoms with Gasteiger partial charge in [0.15, 0.2) is 0 Å². The average Bonchev–Trinajstić information content (AvgIpc) is 3.19. The van der Waals surface area contributed by atoms with E-state index in [2.05, 4.69) is 46.4 Å². The van der Waals surface area contributed by atoms with E-state index >= 15 is 0 Å². The van der Waals surface area contributed by atoms with Crippen LogP contribution in [0.25, 0.3) is 0 Å². The molecule has 3 heterocycles. The van der Waals surface area contributed by atoms with Crippen molar-refractivity contribution >= 4 is 38.8 Å². The van der Waals surface area contributed by atoms with Gasteiger partial charge < -0.3 is 19.6 Å². The summed E-state index contributed by atoms with van der Waals surface area (Å²) >= 11 is 6.49. The highest BCUT2D eigenvalue weighted by Crippen LogP contribution is 2.49. The van der Waals surface area contributed by atoms with Gasteiger partial charge in [-0.1, -0.05) is 37.9 Å². The van der Waals surface area contributed by atoms with Gasteiger partial charge in [0, 0.05) is 40.9 Å². The highest BCUT2D eigenvalue weighted by atomic mass is 35.5. The minimum Gasteiger partial charge on any atom is -0.490 e. The predicted molar refractivity (Wildman–Crippen MR) is 201 cm³/mol. The number of ether oxygens (including phenoxy) is 1. The van der Waals surface area contributed by atoms with E-state index in [4.69, 9.17) is 16.3 Å². The van der Waals surface area contributed by atoms with Crippen LogP contribution in [0.2, 0.25) is 5.02 Å². The normalized spacial score (nSPS) is 36.1. The maximum atomic E-state index is 13.9. The molecule has 5 aliphatic rings. The SMILES string of the molecule is C=S1(=O)NC(=O)c2ccc3c(c2)N(C[C@@H]2CC[C@H]2[C@](O)(CN2CCC(C)CC2)CCC[C@H](C)[C@H]1C)C[C@@]1(CCCc2cc(Cl)ccc21)CO3. The quantitative estimate of drug-likeness (QED) is 0.332. The predicted octanol–water partition coefficient (Wildman–Crippen LogP) is 6.87. The van der Waals surface area contributed by atoms with E-state index in [9.17, 15) is 14.1 Å². The van der Waals surface area contributed by atoms with Gasteiger partial charge in [0.05, 0.1) is 27.6 Å². The van der Waals surface area contributed by atoms with E-state index < -0.39 is 15.3 Å². The Hall–Kier alpha value is -2.26. The molecule has 1 spiro atoms. The first-order chi connectivity index (χ1) is 23.4. The molecule has 1 saturated heterocycles. The lowest BCUT2D eigenvalue weighted by Crippen LogP contribution is -2.57. The number of rotatable bonds is 2. The van der Waals surface area contributed by atoms with Gasteiger partial charge in [0.25, 0.3) is 5.91 Å². The number of carbonyl (C=O) groups excluding carboxylic acids is 1. The molecule has 9 heteroatoms. The van der Waals surface area contributed by atoms with Crippen LogP contribution in [0.1, 0.15) is 100 Å². The van der Waals surface area contributed by atoms with Crippen LogP contribution in [0.3, 0.4) is 0 Å². The summed E-state index contributed by atoms with van der Waals surface area (Å²) in [4.78, 5) is 18.7. The van der Waals surface area contributed by atoms with Gasteiger partial charge in [-0.2, -0.15) is 0 Å². The van der Waals surface area contributed by atoms with Crippen molar-refractivity contribution in [2.45, 2.75) is 101 Å². The molecule has 0 aromatic heterocycles. The largest absolute Gasteiger partial charge is 0.490 e. The van der Waals surface area contributed by atoms with E-state index in [1.807, 2.05) is 25.1 Å². The summed E-state index contributed by atoms with van der Waals surface area (Å²) in [5, 5.41) is 13.2. The van der Waals surface area contributed by atoms with Crippen molar-refractivity contribution in [3.63, 3.8) is 0 Å². The molecule has 2 aromatic carbocycles. The molecule has 1 amide bonds. The summed E-state index contributed by atoms with van der Waals surface area (Å²) in [6.07, 6.45) is 9.94. The number of piperidine rings is 1. The van der Waals surface area contributed by atoms with Crippen molar-refractivity contribution in [3.05, 3.63) is 58.1 Å². The Kier molecular flexibility index (Phi) is 9.83. The van der Waals surface area contributed by atoms with Gasteiger partial charge in [-0.15, -0.1) is 0 Å². The first-order valence-corrected chi connectivity index (χ1v) is 21.0. The zero-order valence-corrected chi connectivity index (χ0v) is 31.3. The number of β-amino-alcohol motifs (C(OH)–C–C–N with tert-alkyl or cyclic N) is 1. The fourth-order valence-corrected chi connectivity index (χ4v) is 11.4. The second-order valence-electron chi connectivity index (χ2n) is 16.5. The third-order valence-corrected chi connectivity index (χ3v) is 15.6. The topological polar surface area (TPSA) is 82.1 Å². The van der Waals surface area contributed by atoms with Crippen LogP contribution in [-0.4, -0.2) is 76.2 Å². The molecule has 2 N–H and O–H groups in total. The van der Waals surface area contributed by atoms with Crippen LogP contribution in [-0.2, 0) is 21.5 Å². The fourth-order valence-electron chi connectivity index (χ4n) is 9.67. The molecule has 1 unspecified atom stereocenters. The smallest absolute Gasteiger partial charge is 0.262 e. The molecule has 7 rings (SSSR count). The van der Waals surface area contributed by atoms with Crippen LogP contribution >= 0.6 is 11.6 Å². The maximum absolute atomic E-state index is 13.9. The third-order valence-electron chi connectivity index (χ3n) is 13.2. The number of hydrogen-bond donors (Lipinski definition) is 2. The van der Waals surface area contributed by atoms with Gasteiger partial charge in [-0.3, -0.25) is 9.52 Å². The van der Waals surface area contributed by atoms with Crippen LogP contribution in [0, 0.1) is 23.7 Å². The van der Waals surface area contributed by atoms with Crippen molar-refractivity contribution in [3.8, 4) is 5.75 Å². The number of aryl methyl sites for hydroxylation is 1. The Balaban J connectivity index is 1.28. The van der Waals surface area contributed by atoms with Crippen LogP contribution < -0.4 is 14.4 Å². The molecule has 1 saturated carbocycles. The van der Waals surface area contributed by atoms with Crippen LogP contribution in [0.4, 0.5) is 5.69 Å². The highest BCUT2D eigenvalue weighted by molar-refractivity contribution is 7.99. The number of likely N-dealkylation sites (tertiary alicyclic amines) is 1. The lowest BCUT2D eigenvalue weighted by molar-refractivity contribution is -0.108. The van der Waals surface area contributed by atoms with E-state index in [0.717, 1.165) is 106 Å².